The lowest BCUT2D eigenvalue weighted by atomic mass is 10.0. The second kappa shape index (κ2) is 12.9. The zero-order valence-corrected chi connectivity index (χ0v) is 19.6. The van der Waals surface area contributed by atoms with Crippen LogP contribution in [0.2, 0.25) is 0 Å². The van der Waals surface area contributed by atoms with Crippen molar-refractivity contribution in [2.75, 3.05) is 27.9 Å². The number of rotatable bonds is 12. The number of carbonyl (C=O) groups excluding carboxylic acids is 1. The van der Waals surface area contributed by atoms with Gasteiger partial charge in [-0.3, -0.25) is 15.1 Å². The zero-order valence-electron chi connectivity index (χ0n) is 19.6. The summed E-state index contributed by atoms with van der Waals surface area (Å²) in [6, 6.07) is 12.9. The maximum atomic E-state index is 12.2. The van der Waals surface area contributed by atoms with Gasteiger partial charge in [0.15, 0.2) is 5.71 Å². The number of carbonyl (C=O) groups is 1. The number of hydrogen-bond acceptors (Lipinski definition) is 8. The van der Waals surface area contributed by atoms with E-state index in [1.54, 1.807) is 12.1 Å². The Morgan fingerprint density at radius 3 is 2.36 bits per heavy atom. The van der Waals surface area contributed by atoms with Crippen molar-refractivity contribution in [2.45, 2.75) is 20.5 Å². The van der Waals surface area contributed by atoms with E-state index in [1.165, 1.54) is 21.3 Å². The molecule has 0 aromatic heterocycles. The van der Waals surface area contributed by atoms with Gasteiger partial charge in [-0.25, -0.2) is 0 Å². The van der Waals surface area contributed by atoms with Crippen LogP contribution in [-0.2, 0) is 25.9 Å². The number of benzene rings is 2. The number of hydroxylamine groups is 1. The molecule has 9 nitrogen and oxygen atoms in total. The largest absolute Gasteiger partial charge is 0.494 e. The van der Waals surface area contributed by atoms with E-state index >= 15 is 0 Å². The highest BCUT2D eigenvalue weighted by molar-refractivity contribution is 6.45. The summed E-state index contributed by atoms with van der Waals surface area (Å²) in [6.07, 6.45) is 0. The van der Waals surface area contributed by atoms with Gasteiger partial charge in [0.2, 0.25) is 0 Å². The highest BCUT2D eigenvalue weighted by Gasteiger charge is 2.18. The summed E-state index contributed by atoms with van der Waals surface area (Å²) in [5.41, 5.74) is 6.91. The van der Waals surface area contributed by atoms with Crippen molar-refractivity contribution in [1.29, 1.82) is 0 Å². The lowest BCUT2D eigenvalue weighted by molar-refractivity contribution is -0.114. The third kappa shape index (κ3) is 6.81. The summed E-state index contributed by atoms with van der Waals surface area (Å²) >= 11 is 0. The number of oxime groups is 2. The average Bonchev–Trinajstić information content (AvgIpc) is 2.81. The third-order valence-corrected chi connectivity index (χ3v) is 4.55. The smallest absolute Gasteiger partial charge is 0.273 e. The molecule has 2 N–H and O–H groups in total. The van der Waals surface area contributed by atoms with Gasteiger partial charge < -0.3 is 19.7 Å². The highest BCUT2D eigenvalue weighted by atomic mass is 16.6. The van der Waals surface area contributed by atoms with Gasteiger partial charge in [0.1, 0.15) is 32.3 Å². The van der Waals surface area contributed by atoms with Gasteiger partial charge >= 0.3 is 0 Å². The van der Waals surface area contributed by atoms with Gasteiger partial charge in [0.05, 0.1) is 12.3 Å². The Morgan fingerprint density at radius 2 is 1.73 bits per heavy atom. The van der Waals surface area contributed by atoms with Crippen molar-refractivity contribution in [2.24, 2.45) is 10.3 Å². The lowest BCUT2D eigenvalue weighted by Crippen LogP contribution is -2.29. The molecular formula is C24H30N4O5. The van der Waals surface area contributed by atoms with E-state index in [0.717, 1.165) is 22.4 Å². The van der Waals surface area contributed by atoms with E-state index in [4.69, 9.17) is 19.2 Å². The fraction of sp³-hybridized carbons (Fsp3) is 0.292. The minimum atomic E-state index is -0.373. The lowest BCUT2D eigenvalue weighted by Gasteiger charge is -2.16. The van der Waals surface area contributed by atoms with Crippen LogP contribution < -0.4 is 15.5 Å². The van der Waals surface area contributed by atoms with Gasteiger partial charge in [-0.2, -0.15) is 0 Å². The first kappa shape index (κ1) is 25.4. The van der Waals surface area contributed by atoms with Crippen LogP contribution in [0.4, 0.5) is 0 Å². The molecule has 33 heavy (non-hydrogen) atoms. The topological polar surface area (TPSA) is 103 Å². The van der Waals surface area contributed by atoms with Gasteiger partial charge in [-0.15, -0.1) is 0 Å². The molecule has 176 valence electrons. The Bertz CT molecular complexity index is 1030. The van der Waals surface area contributed by atoms with Crippen molar-refractivity contribution < 1.29 is 24.0 Å². The monoisotopic (exact) mass is 454 g/mol. The first-order chi connectivity index (χ1) is 16.0. The molecule has 2 rings (SSSR count). The summed E-state index contributed by atoms with van der Waals surface area (Å²) < 4.78 is 5.55. The van der Waals surface area contributed by atoms with Gasteiger partial charge in [-0.05, 0) is 43.2 Å². The van der Waals surface area contributed by atoms with E-state index in [-0.39, 0.29) is 18.2 Å². The number of likely N-dealkylation sites (N-methyl/N-ethyl adjacent to an activating group) is 1. The molecule has 0 fully saturated rings. The number of nitrogens with one attached hydrogen (secondary N) is 2. The minimum Gasteiger partial charge on any atom is -0.494 e. The highest BCUT2D eigenvalue weighted by Crippen LogP contribution is 2.20. The van der Waals surface area contributed by atoms with Crippen molar-refractivity contribution in [1.82, 2.24) is 10.8 Å². The number of ether oxygens (including phenoxy) is 1. The van der Waals surface area contributed by atoms with Gasteiger partial charge in [-0.1, -0.05) is 41.2 Å². The summed E-state index contributed by atoms with van der Waals surface area (Å²) in [5.74, 6) is 0.397. The second-order valence-electron chi connectivity index (χ2n) is 6.76. The Balaban J connectivity index is 2.17. The molecule has 0 heterocycles. The first-order valence-electron chi connectivity index (χ1n) is 10.3. The molecule has 0 bridgehead atoms. The van der Waals surface area contributed by atoms with Crippen molar-refractivity contribution in [3.8, 4) is 5.75 Å². The van der Waals surface area contributed by atoms with E-state index in [1.807, 2.05) is 44.2 Å². The van der Waals surface area contributed by atoms with Gasteiger partial charge in [0.25, 0.3) is 5.91 Å². The van der Waals surface area contributed by atoms with Crippen LogP contribution in [0.25, 0.3) is 0 Å². The molecule has 0 aliphatic carbocycles. The SMILES string of the molecule is C=C(NOCc1ccccc1C(=NOC)C(=O)NC)C(=NOC)c1ccc(OCC)cc1C. The molecule has 2 aromatic rings. The maximum absolute atomic E-state index is 12.2. The average molecular weight is 455 g/mol. The Morgan fingerprint density at radius 1 is 1.03 bits per heavy atom. The molecule has 0 aliphatic heterocycles. The van der Waals surface area contributed by atoms with E-state index in [2.05, 4.69) is 27.7 Å². The molecule has 1 amide bonds. The van der Waals surface area contributed by atoms with Crippen LogP contribution in [0.5, 0.6) is 5.75 Å². The Labute approximate surface area is 194 Å². The number of amides is 1. The number of allylic oxidation sites excluding steroid dienone is 1. The van der Waals surface area contributed by atoms with Crippen LogP contribution in [-0.4, -0.2) is 45.2 Å². The molecule has 0 atom stereocenters. The van der Waals surface area contributed by atoms with Crippen LogP contribution in [0.15, 0.2) is 65.1 Å². The Kier molecular flexibility index (Phi) is 9.91. The third-order valence-electron chi connectivity index (χ3n) is 4.55. The number of hydrogen-bond donors (Lipinski definition) is 2. The molecular weight excluding hydrogens is 424 g/mol. The van der Waals surface area contributed by atoms with Crippen LogP contribution >= 0.6 is 0 Å². The summed E-state index contributed by atoms with van der Waals surface area (Å²) in [7, 11) is 4.37. The molecule has 0 aliphatic rings. The van der Waals surface area contributed by atoms with E-state index < -0.39 is 0 Å². The Hall–Kier alpha value is -3.85. The van der Waals surface area contributed by atoms with Crippen molar-refractivity contribution in [3.63, 3.8) is 0 Å². The normalized spacial score (nSPS) is 11.5. The van der Waals surface area contributed by atoms with Crippen molar-refractivity contribution >= 4 is 17.3 Å². The predicted octanol–water partition coefficient (Wildman–Crippen LogP) is 3.08. The first-order valence-corrected chi connectivity index (χ1v) is 10.3. The fourth-order valence-corrected chi connectivity index (χ4v) is 3.07. The summed E-state index contributed by atoms with van der Waals surface area (Å²) in [4.78, 5) is 27.8. The molecule has 0 unspecified atom stereocenters. The molecule has 2 aromatic carbocycles. The minimum absolute atomic E-state index is 0.122. The molecule has 0 spiro atoms. The fourth-order valence-electron chi connectivity index (χ4n) is 3.07. The van der Waals surface area contributed by atoms with Crippen LogP contribution in [0, 0.1) is 6.92 Å². The van der Waals surface area contributed by atoms with Crippen molar-refractivity contribution in [3.05, 3.63) is 77.0 Å². The van der Waals surface area contributed by atoms with E-state index in [9.17, 15) is 4.79 Å². The summed E-state index contributed by atoms with van der Waals surface area (Å²) in [5, 5.41) is 10.5. The molecule has 0 radical (unpaired) electrons. The standard InChI is InChI=1S/C24H30N4O5/c1-7-32-19-12-13-20(16(2)14-19)22(27-30-5)17(3)26-33-15-18-10-8-9-11-21(18)23(28-31-6)24(29)25-4/h8-14,26H,3,7,15H2,1-2,4-6H3,(H,25,29). The molecule has 0 saturated heterocycles. The second-order valence-corrected chi connectivity index (χ2v) is 6.76. The summed E-state index contributed by atoms with van der Waals surface area (Å²) in [6.45, 7) is 8.61. The number of nitrogens with zero attached hydrogens (tertiary/aromatic N) is 2. The number of aryl methyl sites for hydroxylation is 1. The van der Waals surface area contributed by atoms with Crippen LogP contribution in [0.1, 0.15) is 29.2 Å². The molecule has 0 saturated carbocycles. The van der Waals surface area contributed by atoms with Gasteiger partial charge in [0, 0.05) is 18.2 Å². The maximum Gasteiger partial charge on any atom is 0.273 e. The zero-order chi connectivity index (χ0) is 24.2. The predicted molar refractivity (Wildman–Crippen MR) is 127 cm³/mol. The van der Waals surface area contributed by atoms with Crippen LogP contribution in [0.3, 0.4) is 0 Å². The van der Waals surface area contributed by atoms with E-state index in [0.29, 0.717) is 23.6 Å². The molecule has 9 heteroatoms. The quantitative estimate of drug-likeness (QED) is 0.377.